The maximum atomic E-state index is 11.8. The number of phenolic OH excluding ortho intramolecular Hbond substituents is 1. The highest BCUT2D eigenvalue weighted by Crippen LogP contribution is 2.18. The molecule has 2 aromatic carbocycles. The average molecular weight is 329 g/mol. The number of ether oxygens (including phenoxy) is 2. The van der Waals surface area contributed by atoms with Gasteiger partial charge in [-0.25, -0.2) is 0 Å². The van der Waals surface area contributed by atoms with Crippen molar-refractivity contribution < 1.29 is 19.4 Å². The molecule has 0 unspecified atom stereocenters. The van der Waals surface area contributed by atoms with E-state index in [-0.39, 0.29) is 11.7 Å². The van der Waals surface area contributed by atoms with E-state index in [4.69, 9.17) is 9.47 Å². The molecule has 5 nitrogen and oxygen atoms in total. The number of para-hydroxylation sites is 1. The molecule has 0 aromatic heterocycles. The Morgan fingerprint density at radius 2 is 1.71 bits per heavy atom. The van der Waals surface area contributed by atoms with Crippen LogP contribution in [0.5, 0.6) is 17.2 Å². The topological polar surface area (TPSA) is 67.8 Å². The van der Waals surface area contributed by atoms with Gasteiger partial charge in [0.2, 0.25) is 5.91 Å². The third kappa shape index (κ3) is 5.83. The molecule has 0 spiro atoms. The van der Waals surface area contributed by atoms with E-state index in [2.05, 4.69) is 5.32 Å². The van der Waals surface area contributed by atoms with Crippen molar-refractivity contribution >= 4 is 5.91 Å². The fraction of sp³-hybridized carbons (Fsp3) is 0.316. The van der Waals surface area contributed by atoms with Crippen LogP contribution in [0.2, 0.25) is 0 Å². The first-order valence-electron chi connectivity index (χ1n) is 8.08. The number of hydrogen-bond donors (Lipinski definition) is 2. The van der Waals surface area contributed by atoms with Crippen LogP contribution >= 0.6 is 0 Å². The van der Waals surface area contributed by atoms with E-state index in [9.17, 15) is 9.90 Å². The zero-order valence-corrected chi connectivity index (χ0v) is 13.8. The number of aryl methyl sites for hydroxylation is 1. The second kappa shape index (κ2) is 9.45. The molecule has 0 saturated carbocycles. The molecule has 0 aliphatic carbocycles. The van der Waals surface area contributed by atoms with Crippen molar-refractivity contribution in [2.75, 3.05) is 19.8 Å². The van der Waals surface area contributed by atoms with Crippen molar-refractivity contribution in [1.82, 2.24) is 5.32 Å². The Labute approximate surface area is 142 Å². The average Bonchev–Trinajstić information content (AvgIpc) is 2.60. The van der Waals surface area contributed by atoms with Crippen LogP contribution in [0.4, 0.5) is 0 Å². The van der Waals surface area contributed by atoms with Crippen LogP contribution in [-0.4, -0.2) is 30.8 Å². The van der Waals surface area contributed by atoms with Crippen LogP contribution in [0.3, 0.4) is 0 Å². The molecule has 0 radical (unpaired) electrons. The Morgan fingerprint density at radius 3 is 2.38 bits per heavy atom. The summed E-state index contributed by atoms with van der Waals surface area (Å²) in [6, 6.07) is 14.4. The normalized spacial score (nSPS) is 10.2. The fourth-order valence-electron chi connectivity index (χ4n) is 2.22. The molecule has 2 N–H and O–H groups in total. The molecule has 2 rings (SSSR count). The highest BCUT2D eigenvalue weighted by Gasteiger charge is 2.05. The number of amides is 1. The highest BCUT2D eigenvalue weighted by atomic mass is 16.5. The zero-order valence-electron chi connectivity index (χ0n) is 13.8. The molecular formula is C19H23NO4. The second-order valence-corrected chi connectivity index (χ2v) is 5.23. The second-order valence-electron chi connectivity index (χ2n) is 5.23. The van der Waals surface area contributed by atoms with Gasteiger partial charge in [-0.15, -0.1) is 0 Å². The summed E-state index contributed by atoms with van der Waals surface area (Å²) in [6.07, 6.45) is 0.846. The van der Waals surface area contributed by atoms with Gasteiger partial charge in [-0.1, -0.05) is 18.2 Å². The minimum atomic E-state index is -0.0615. The van der Waals surface area contributed by atoms with Gasteiger partial charge in [0.1, 0.15) is 23.9 Å². The summed E-state index contributed by atoms with van der Waals surface area (Å²) in [5.74, 6) is 1.71. The van der Waals surface area contributed by atoms with E-state index in [0.717, 1.165) is 17.1 Å². The van der Waals surface area contributed by atoms with Gasteiger partial charge in [0.15, 0.2) is 0 Å². The highest BCUT2D eigenvalue weighted by molar-refractivity contribution is 5.76. The molecule has 0 bridgehead atoms. The van der Waals surface area contributed by atoms with Crippen LogP contribution in [0.15, 0.2) is 48.5 Å². The summed E-state index contributed by atoms with van der Waals surface area (Å²) in [5.41, 5.74) is 0.776. The smallest absolute Gasteiger partial charge is 0.220 e. The van der Waals surface area contributed by atoms with Crippen molar-refractivity contribution in [1.29, 1.82) is 0 Å². The van der Waals surface area contributed by atoms with Gasteiger partial charge in [-0.3, -0.25) is 4.79 Å². The lowest BCUT2D eigenvalue weighted by Crippen LogP contribution is -2.28. The molecule has 0 fully saturated rings. The molecule has 24 heavy (non-hydrogen) atoms. The molecule has 5 heteroatoms. The van der Waals surface area contributed by atoms with E-state index in [0.29, 0.717) is 32.6 Å². The summed E-state index contributed by atoms with van der Waals surface area (Å²) in [7, 11) is 0. The Bertz CT molecular complexity index is 640. The number of aromatic hydroxyl groups is 1. The van der Waals surface area contributed by atoms with Crippen molar-refractivity contribution in [3.05, 3.63) is 54.1 Å². The number of phenols is 1. The molecule has 128 valence electrons. The summed E-state index contributed by atoms with van der Waals surface area (Å²) < 4.78 is 10.9. The van der Waals surface area contributed by atoms with E-state index < -0.39 is 0 Å². The third-order valence-corrected chi connectivity index (χ3v) is 3.44. The van der Waals surface area contributed by atoms with Gasteiger partial charge >= 0.3 is 0 Å². The minimum absolute atomic E-state index is 0.0615. The Balaban J connectivity index is 1.63. The van der Waals surface area contributed by atoms with Gasteiger partial charge in [0.05, 0.1) is 13.2 Å². The first-order valence-corrected chi connectivity index (χ1v) is 8.08. The molecule has 2 aromatic rings. The maximum absolute atomic E-state index is 11.8. The van der Waals surface area contributed by atoms with Crippen LogP contribution in [0.25, 0.3) is 0 Å². The van der Waals surface area contributed by atoms with Gasteiger partial charge in [0.25, 0.3) is 0 Å². The number of nitrogens with one attached hydrogen (secondary N) is 1. The third-order valence-electron chi connectivity index (χ3n) is 3.44. The number of hydrogen-bond acceptors (Lipinski definition) is 4. The van der Waals surface area contributed by atoms with E-state index >= 15 is 0 Å². The Morgan fingerprint density at radius 1 is 1.04 bits per heavy atom. The molecular weight excluding hydrogens is 306 g/mol. The van der Waals surface area contributed by atoms with E-state index in [1.54, 1.807) is 12.1 Å². The number of rotatable bonds is 9. The Hall–Kier alpha value is -2.69. The molecule has 0 saturated heterocycles. The molecule has 1 amide bonds. The van der Waals surface area contributed by atoms with Gasteiger partial charge in [-0.05, 0) is 49.2 Å². The number of carbonyl (C=O) groups excluding carboxylic acids is 1. The standard InChI is InChI=1S/C19H23NO4/c1-2-23-16-8-10-17(11-9-16)24-14-13-20-19(22)12-7-15-5-3-4-6-18(15)21/h3-6,8-11,21H,2,7,12-14H2,1H3,(H,20,22). The van der Waals surface area contributed by atoms with E-state index in [1.807, 2.05) is 43.3 Å². The summed E-state index contributed by atoms with van der Waals surface area (Å²) in [5, 5.41) is 12.5. The summed E-state index contributed by atoms with van der Waals surface area (Å²) in [4.78, 5) is 11.8. The lowest BCUT2D eigenvalue weighted by atomic mass is 10.1. The monoisotopic (exact) mass is 329 g/mol. The van der Waals surface area contributed by atoms with Crippen molar-refractivity contribution in [3.63, 3.8) is 0 Å². The quantitative estimate of drug-likeness (QED) is 0.694. The molecule has 0 aliphatic heterocycles. The maximum Gasteiger partial charge on any atom is 0.220 e. The van der Waals surface area contributed by atoms with Gasteiger partial charge in [-0.2, -0.15) is 0 Å². The molecule has 0 atom stereocenters. The van der Waals surface area contributed by atoms with Crippen LogP contribution in [0.1, 0.15) is 18.9 Å². The predicted octanol–water partition coefficient (Wildman–Crippen LogP) is 2.92. The first-order chi connectivity index (χ1) is 11.7. The molecule has 0 aliphatic rings. The largest absolute Gasteiger partial charge is 0.508 e. The van der Waals surface area contributed by atoms with Crippen molar-refractivity contribution in [3.8, 4) is 17.2 Å². The summed E-state index contributed by atoms with van der Waals surface area (Å²) >= 11 is 0. The first kappa shape index (κ1) is 17.7. The lowest BCUT2D eigenvalue weighted by Gasteiger charge is -2.09. The zero-order chi connectivity index (χ0) is 17.2. The van der Waals surface area contributed by atoms with Crippen LogP contribution in [0, 0.1) is 0 Å². The Kier molecular flexibility index (Phi) is 6.95. The van der Waals surface area contributed by atoms with Crippen LogP contribution < -0.4 is 14.8 Å². The fourth-order valence-corrected chi connectivity index (χ4v) is 2.22. The lowest BCUT2D eigenvalue weighted by molar-refractivity contribution is -0.121. The number of carbonyl (C=O) groups is 1. The molecule has 0 heterocycles. The van der Waals surface area contributed by atoms with Crippen molar-refractivity contribution in [2.45, 2.75) is 19.8 Å². The van der Waals surface area contributed by atoms with Crippen LogP contribution in [-0.2, 0) is 11.2 Å². The van der Waals surface area contributed by atoms with E-state index in [1.165, 1.54) is 0 Å². The van der Waals surface area contributed by atoms with Crippen molar-refractivity contribution in [2.24, 2.45) is 0 Å². The number of benzene rings is 2. The SMILES string of the molecule is CCOc1ccc(OCCNC(=O)CCc2ccccc2O)cc1. The predicted molar refractivity (Wildman–Crippen MR) is 92.5 cm³/mol. The van der Waals surface area contributed by atoms with Gasteiger partial charge < -0.3 is 19.9 Å². The van der Waals surface area contributed by atoms with Gasteiger partial charge in [0, 0.05) is 6.42 Å². The summed E-state index contributed by atoms with van der Waals surface area (Å²) in [6.45, 7) is 3.41. The minimum Gasteiger partial charge on any atom is -0.508 e.